The van der Waals surface area contributed by atoms with Crippen LogP contribution >= 0.6 is 0 Å². The maximum Gasteiger partial charge on any atom is 0.338 e. The summed E-state index contributed by atoms with van der Waals surface area (Å²) in [7, 11) is 0. The molecule has 0 spiro atoms. The Bertz CT molecular complexity index is 275. The van der Waals surface area contributed by atoms with E-state index in [0.29, 0.717) is 5.57 Å². The average molecular weight is 179 g/mol. The van der Waals surface area contributed by atoms with E-state index in [1.165, 1.54) is 0 Å². The first-order valence-corrected chi connectivity index (χ1v) is 4.20. The van der Waals surface area contributed by atoms with Crippen molar-refractivity contribution in [2.75, 3.05) is 0 Å². The Morgan fingerprint density at radius 2 is 2.23 bits per heavy atom. The van der Waals surface area contributed by atoms with Crippen molar-refractivity contribution in [1.82, 2.24) is 5.32 Å². The highest BCUT2D eigenvalue weighted by Crippen LogP contribution is 2.04. The van der Waals surface area contributed by atoms with Crippen molar-refractivity contribution in [3.05, 3.63) is 36.2 Å². The van der Waals surface area contributed by atoms with Gasteiger partial charge in [0.05, 0.1) is 11.7 Å². The summed E-state index contributed by atoms with van der Waals surface area (Å²) in [5, 5.41) is 2.86. The molecule has 1 rings (SSSR count). The molecule has 0 bridgehead atoms. The van der Waals surface area contributed by atoms with Crippen molar-refractivity contribution >= 4 is 5.97 Å². The molecule has 0 atom stereocenters. The summed E-state index contributed by atoms with van der Waals surface area (Å²) in [6.45, 7) is 3.65. The summed E-state index contributed by atoms with van der Waals surface area (Å²) in [4.78, 5) is 11.4. The Morgan fingerprint density at radius 1 is 1.46 bits per heavy atom. The number of nitrogens with one attached hydrogen (secondary N) is 1. The van der Waals surface area contributed by atoms with Gasteiger partial charge >= 0.3 is 5.97 Å². The maximum absolute atomic E-state index is 11.4. The van der Waals surface area contributed by atoms with Gasteiger partial charge in [-0.15, -0.1) is 0 Å². The zero-order valence-corrected chi connectivity index (χ0v) is 7.78. The van der Waals surface area contributed by atoms with Gasteiger partial charge in [-0.25, -0.2) is 4.79 Å². The van der Waals surface area contributed by atoms with Crippen LogP contribution in [-0.2, 0) is 9.53 Å². The Labute approximate surface area is 77.8 Å². The molecular weight excluding hydrogens is 166 g/mol. The van der Waals surface area contributed by atoms with Crippen LogP contribution in [0.25, 0.3) is 0 Å². The van der Waals surface area contributed by atoms with E-state index >= 15 is 0 Å². The minimum atomic E-state index is -0.292. The molecule has 0 aromatic carbocycles. The first-order valence-electron chi connectivity index (χ1n) is 4.20. The van der Waals surface area contributed by atoms with Gasteiger partial charge in [0.2, 0.25) is 0 Å². The zero-order valence-electron chi connectivity index (χ0n) is 7.78. The van der Waals surface area contributed by atoms with Gasteiger partial charge in [0.15, 0.2) is 0 Å². The van der Waals surface area contributed by atoms with E-state index in [4.69, 9.17) is 4.74 Å². The Hall–Kier alpha value is -1.51. The van der Waals surface area contributed by atoms with Crippen LogP contribution in [0.1, 0.15) is 13.8 Å². The molecule has 1 heterocycles. The van der Waals surface area contributed by atoms with Crippen LogP contribution in [0.5, 0.6) is 0 Å². The molecule has 0 aliphatic carbocycles. The Balaban J connectivity index is 2.65. The molecule has 1 aliphatic rings. The highest BCUT2D eigenvalue weighted by atomic mass is 16.5. The summed E-state index contributed by atoms with van der Waals surface area (Å²) in [6.07, 6.45) is 8.51. The van der Waals surface area contributed by atoms with E-state index in [-0.39, 0.29) is 12.1 Å². The predicted molar refractivity (Wildman–Crippen MR) is 50.7 cm³/mol. The Kier molecular flexibility index (Phi) is 3.31. The third kappa shape index (κ3) is 3.15. The number of carbonyl (C=O) groups is 1. The van der Waals surface area contributed by atoms with Crippen molar-refractivity contribution < 1.29 is 9.53 Å². The minimum Gasteiger partial charge on any atom is -0.459 e. The third-order valence-corrected chi connectivity index (χ3v) is 1.41. The number of hydrogen-bond donors (Lipinski definition) is 1. The summed E-state index contributed by atoms with van der Waals surface area (Å²) < 4.78 is 5.03. The fourth-order valence-electron chi connectivity index (χ4n) is 0.875. The minimum absolute atomic E-state index is 0.0815. The van der Waals surface area contributed by atoms with E-state index < -0.39 is 0 Å². The predicted octanol–water partition coefficient (Wildman–Crippen LogP) is 1.49. The summed E-state index contributed by atoms with van der Waals surface area (Å²) in [5.74, 6) is -0.292. The number of hydrogen-bond acceptors (Lipinski definition) is 3. The van der Waals surface area contributed by atoms with E-state index in [1.54, 1.807) is 30.6 Å². The molecule has 1 N–H and O–H groups in total. The van der Waals surface area contributed by atoms with Gasteiger partial charge in [0.1, 0.15) is 0 Å². The molecule has 1 aliphatic heterocycles. The standard InChI is InChI=1S/C10H13NO2/c1-8(2)13-10(12)9-4-3-6-11-7-5-9/h3-8,11H,1-2H3. The first kappa shape index (κ1) is 9.58. The molecule has 3 nitrogen and oxygen atoms in total. The number of carbonyl (C=O) groups excluding carboxylic acids is 1. The lowest BCUT2D eigenvalue weighted by Gasteiger charge is -2.07. The molecule has 70 valence electrons. The monoisotopic (exact) mass is 179 g/mol. The van der Waals surface area contributed by atoms with Gasteiger partial charge < -0.3 is 10.1 Å². The van der Waals surface area contributed by atoms with Crippen LogP contribution in [0.3, 0.4) is 0 Å². The van der Waals surface area contributed by atoms with Crippen LogP contribution in [0.15, 0.2) is 36.2 Å². The van der Waals surface area contributed by atoms with Gasteiger partial charge in [0.25, 0.3) is 0 Å². The van der Waals surface area contributed by atoms with Gasteiger partial charge in [-0.05, 0) is 32.1 Å². The molecule has 0 amide bonds. The number of rotatable bonds is 2. The lowest BCUT2D eigenvalue weighted by atomic mass is 10.2. The molecule has 0 aromatic heterocycles. The molecule has 0 radical (unpaired) electrons. The Morgan fingerprint density at radius 3 is 2.92 bits per heavy atom. The van der Waals surface area contributed by atoms with Crippen molar-refractivity contribution in [2.24, 2.45) is 0 Å². The lowest BCUT2D eigenvalue weighted by Crippen LogP contribution is -2.12. The fourth-order valence-corrected chi connectivity index (χ4v) is 0.875. The molecule has 0 unspecified atom stereocenters. The van der Waals surface area contributed by atoms with Crippen molar-refractivity contribution in [3.63, 3.8) is 0 Å². The van der Waals surface area contributed by atoms with E-state index in [9.17, 15) is 4.79 Å². The third-order valence-electron chi connectivity index (χ3n) is 1.41. The zero-order chi connectivity index (χ0) is 9.68. The molecule has 0 saturated carbocycles. The van der Waals surface area contributed by atoms with Crippen molar-refractivity contribution in [2.45, 2.75) is 20.0 Å². The van der Waals surface area contributed by atoms with Crippen LogP contribution in [0.4, 0.5) is 0 Å². The number of esters is 1. The van der Waals surface area contributed by atoms with Crippen LogP contribution in [0.2, 0.25) is 0 Å². The number of allylic oxidation sites excluding steroid dienone is 2. The topological polar surface area (TPSA) is 38.3 Å². The summed E-state index contributed by atoms with van der Waals surface area (Å²) in [5.41, 5.74) is 0.551. The van der Waals surface area contributed by atoms with Gasteiger partial charge in [-0.2, -0.15) is 0 Å². The van der Waals surface area contributed by atoms with Crippen molar-refractivity contribution in [3.8, 4) is 0 Å². The van der Waals surface area contributed by atoms with E-state index in [1.807, 2.05) is 13.8 Å². The second kappa shape index (κ2) is 4.50. The van der Waals surface area contributed by atoms with Crippen LogP contribution < -0.4 is 5.32 Å². The molecule has 13 heavy (non-hydrogen) atoms. The summed E-state index contributed by atoms with van der Waals surface area (Å²) >= 11 is 0. The maximum atomic E-state index is 11.4. The smallest absolute Gasteiger partial charge is 0.338 e. The molecule has 0 aromatic rings. The second-order valence-corrected chi connectivity index (χ2v) is 2.94. The van der Waals surface area contributed by atoms with E-state index in [2.05, 4.69) is 5.32 Å². The molecule has 3 heteroatoms. The fraction of sp³-hybridized carbons (Fsp3) is 0.300. The SMILES string of the molecule is CC(C)OC(=O)C1=CC=CNC=C1. The second-order valence-electron chi connectivity index (χ2n) is 2.94. The lowest BCUT2D eigenvalue weighted by molar-refractivity contribution is -0.142. The highest BCUT2D eigenvalue weighted by Gasteiger charge is 2.09. The first-order chi connectivity index (χ1) is 6.20. The number of ether oxygens (including phenoxy) is 1. The largest absolute Gasteiger partial charge is 0.459 e. The van der Waals surface area contributed by atoms with E-state index in [0.717, 1.165) is 0 Å². The normalized spacial score (nSPS) is 14.8. The van der Waals surface area contributed by atoms with Crippen molar-refractivity contribution in [1.29, 1.82) is 0 Å². The molecule has 0 fully saturated rings. The molecule has 0 saturated heterocycles. The van der Waals surface area contributed by atoms with Gasteiger partial charge in [-0.3, -0.25) is 0 Å². The van der Waals surface area contributed by atoms with Crippen LogP contribution in [0, 0.1) is 0 Å². The summed E-state index contributed by atoms with van der Waals surface area (Å²) in [6, 6.07) is 0. The molecular formula is C10H13NO2. The highest BCUT2D eigenvalue weighted by molar-refractivity contribution is 5.92. The van der Waals surface area contributed by atoms with Crippen LogP contribution in [-0.4, -0.2) is 12.1 Å². The average Bonchev–Trinajstić information content (AvgIpc) is 2.29. The quantitative estimate of drug-likeness (QED) is 0.653. The van der Waals surface area contributed by atoms with Gasteiger partial charge in [-0.1, -0.05) is 0 Å². The van der Waals surface area contributed by atoms with Gasteiger partial charge in [0, 0.05) is 12.4 Å².